The van der Waals surface area contributed by atoms with Crippen LogP contribution in [-0.2, 0) is 0 Å². The van der Waals surface area contributed by atoms with Crippen LogP contribution in [0, 0.1) is 11.3 Å². The molecule has 0 aliphatic heterocycles. The van der Waals surface area contributed by atoms with E-state index in [2.05, 4.69) is 6.92 Å². The number of hydrogen-bond donors (Lipinski definition) is 1. The standard InChI is InChI=1S/C19H24B10O/c1-13(2,30)10-5-6-14(3)7-8-15(4,20)12(11(14)9-10)16(21,22)17(23,24)18(25,26)19(27,28)29/h10,30H,5-9H2,1-4H3/t10-,14-,15?/m1/s1. The van der Waals surface area contributed by atoms with Crippen LogP contribution >= 0.6 is 0 Å². The summed E-state index contributed by atoms with van der Waals surface area (Å²) in [6.07, 6.45) is 3.66. The topological polar surface area (TPSA) is 20.2 Å². The number of aliphatic hydroxyl groups is 1. The molecule has 20 radical (unpaired) electrons. The van der Waals surface area contributed by atoms with E-state index in [1.165, 1.54) is 0 Å². The van der Waals surface area contributed by atoms with E-state index in [-0.39, 0.29) is 11.3 Å². The lowest BCUT2D eigenvalue weighted by Gasteiger charge is -2.66. The Kier molecular flexibility index (Phi) is 6.59. The second-order valence-corrected chi connectivity index (χ2v) is 11.0. The molecule has 11 heteroatoms. The third-order valence-electron chi connectivity index (χ3n) is 7.79. The molecule has 0 aromatic heterocycles. The largest absolute Gasteiger partial charge is 0.390 e. The van der Waals surface area contributed by atoms with Gasteiger partial charge >= 0.3 is 0 Å². The van der Waals surface area contributed by atoms with Crippen molar-refractivity contribution in [2.75, 3.05) is 0 Å². The lowest BCUT2D eigenvalue weighted by atomic mass is 9.07. The highest BCUT2D eigenvalue weighted by Crippen LogP contribution is 2.72. The highest BCUT2D eigenvalue weighted by molar-refractivity contribution is 6.72. The smallest absolute Gasteiger partial charge is 0.0801 e. The molecule has 2 aliphatic rings. The SMILES string of the molecule is [B]C1(C)CC[C@@]2(C)CC[C@@H](C(C)(C)O)CC2=C1C([B])([B])C([B])([B])C([B])([B])C([B])([B])[B]. The highest BCUT2D eigenvalue weighted by atomic mass is 16.3. The molecular weight excluding hydrogens is 352 g/mol. The van der Waals surface area contributed by atoms with E-state index in [4.69, 9.17) is 78.5 Å². The van der Waals surface area contributed by atoms with Crippen molar-refractivity contribution >= 4 is 78.5 Å². The maximum absolute atomic E-state index is 10.7. The Hall–Kier alpha value is 0.349. The van der Waals surface area contributed by atoms with E-state index in [9.17, 15) is 5.11 Å². The van der Waals surface area contributed by atoms with Crippen LogP contribution < -0.4 is 0 Å². The van der Waals surface area contributed by atoms with Gasteiger partial charge in [-0.15, -0.1) is 15.5 Å². The van der Waals surface area contributed by atoms with Gasteiger partial charge in [-0.2, -0.15) is 0 Å². The van der Waals surface area contributed by atoms with Crippen LogP contribution in [0.15, 0.2) is 11.1 Å². The van der Waals surface area contributed by atoms with E-state index in [0.717, 1.165) is 24.8 Å². The normalized spacial score (nSPS) is 32.0. The van der Waals surface area contributed by atoms with Crippen LogP contribution in [0.5, 0.6) is 0 Å². The molecule has 30 heavy (non-hydrogen) atoms. The van der Waals surface area contributed by atoms with Crippen LogP contribution in [0.1, 0.15) is 59.8 Å². The molecule has 2 rings (SSSR count). The Balaban J connectivity index is 2.77. The number of allylic oxidation sites excluding steroid dienone is 2. The molecule has 0 aromatic rings. The molecule has 0 aromatic carbocycles. The molecule has 3 atom stereocenters. The molecule has 1 unspecified atom stereocenters. The fourth-order valence-electron chi connectivity index (χ4n) is 5.16. The molecule has 0 amide bonds. The second kappa shape index (κ2) is 7.43. The first-order valence-corrected chi connectivity index (χ1v) is 10.4. The Morgan fingerprint density at radius 2 is 1.33 bits per heavy atom. The lowest BCUT2D eigenvalue weighted by molar-refractivity contribution is -0.00537. The van der Waals surface area contributed by atoms with E-state index >= 15 is 0 Å². The summed E-state index contributed by atoms with van der Waals surface area (Å²) in [5, 5.41) is 1.06. The molecule has 0 spiro atoms. The third kappa shape index (κ3) is 4.05. The number of hydrogen-bond acceptors (Lipinski definition) is 1. The predicted molar refractivity (Wildman–Crippen MR) is 135 cm³/mol. The number of rotatable bonds is 5. The van der Waals surface area contributed by atoms with Crippen molar-refractivity contribution in [2.45, 2.75) is 91.5 Å². The second-order valence-electron chi connectivity index (χ2n) is 11.0. The van der Waals surface area contributed by atoms with Gasteiger partial charge in [0.15, 0.2) is 0 Å². The van der Waals surface area contributed by atoms with E-state index in [1.54, 1.807) is 13.8 Å². The summed E-state index contributed by atoms with van der Waals surface area (Å²) in [5.41, 5.74) is 0.262. The average molecular weight is 377 g/mol. The van der Waals surface area contributed by atoms with Gasteiger partial charge in [-0.25, -0.2) is 0 Å². The summed E-state index contributed by atoms with van der Waals surface area (Å²) < 4.78 is 0. The zero-order valence-electron chi connectivity index (χ0n) is 18.8. The maximum Gasteiger partial charge on any atom is 0.0801 e. The van der Waals surface area contributed by atoms with Crippen molar-refractivity contribution in [3.05, 3.63) is 11.1 Å². The van der Waals surface area contributed by atoms with Crippen LogP contribution in [0.2, 0.25) is 26.1 Å². The summed E-state index contributed by atoms with van der Waals surface area (Å²) in [6, 6.07) is 0. The van der Waals surface area contributed by atoms with Gasteiger partial charge in [0.25, 0.3) is 0 Å². The van der Waals surface area contributed by atoms with Gasteiger partial charge in [-0.3, -0.25) is 0 Å². The van der Waals surface area contributed by atoms with Crippen molar-refractivity contribution in [2.24, 2.45) is 11.3 Å². The Labute approximate surface area is 197 Å². The number of fused-ring (bicyclic) bond motifs is 1. The van der Waals surface area contributed by atoms with E-state index in [1.807, 2.05) is 6.92 Å². The quantitative estimate of drug-likeness (QED) is 0.559. The minimum absolute atomic E-state index is 0.0247. The first-order valence-electron chi connectivity index (χ1n) is 10.4. The zero-order valence-corrected chi connectivity index (χ0v) is 18.8. The van der Waals surface area contributed by atoms with Gasteiger partial charge < -0.3 is 5.11 Å². The van der Waals surface area contributed by atoms with E-state index < -0.39 is 31.7 Å². The first kappa shape index (κ1) is 26.6. The molecule has 2 aliphatic carbocycles. The summed E-state index contributed by atoms with van der Waals surface area (Å²) in [7, 11) is 62.4. The van der Waals surface area contributed by atoms with Gasteiger partial charge in [0, 0.05) is 23.5 Å². The van der Waals surface area contributed by atoms with Crippen molar-refractivity contribution < 1.29 is 5.11 Å². The fourth-order valence-corrected chi connectivity index (χ4v) is 5.16. The van der Waals surface area contributed by atoms with Gasteiger partial charge in [0.2, 0.25) is 0 Å². The zero-order chi connectivity index (χ0) is 23.8. The van der Waals surface area contributed by atoms with Gasteiger partial charge in [-0.05, 0) is 56.2 Å². The molecule has 1 nitrogen and oxygen atoms in total. The van der Waals surface area contributed by atoms with Crippen molar-refractivity contribution in [3.63, 3.8) is 0 Å². The van der Waals surface area contributed by atoms with Crippen LogP contribution in [0.25, 0.3) is 0 Å². The minimum Gasteiger partial charge on any atom is -0.390 e. The van der Waals surface area contributed by atoms with E-state index in [0.29, 0.717) is 18.4 Å². The Bertz CT molecular complexity index is 714. The third-order valence-corrected chi connectivity index (χ3v) is 7.79. The molecule has 1 N–H and O–H groups in total. The minimum atomic E-state index is -2.26. The Morgan fingerprint density at radius 3 is 1.77 bits per heavy atom. The van der Waals surface area contributed by atoms with Crippen LogP contribution in [0.4, 0.5) is 0 Å². The summed E-state index contributed by atoms with van der Waals surface area (Å²) in [6.45, 7) is 7.54. The van der Waals surface area contributed by atoms with Crippen molar-refractivity contribution in [1.82, 2.24) is 0 Å². The van der Waals surface area contributed by atoms with Crippen molar-refractivity contribution in [1.29, 1.82) is 0 Å². The monoisotopic (exact) mass is 378 g/mol. The molecule has 1 fully saturated rings. The Morgan fingerprint density at radius 1 is 0.833 bits per heavy atom. The average Bonchev–Trinajstić information content (AvgIpc) is 2.52. The maximum atomic E-state index is 10.7. The summed E-state index contributed by atoms with van der Waals surface area (Å²) in [5.74, 6) is -0.0247. The fraction of sp³-hybridized carbons (Fsp3) is 0.895. The highest BCUT2D eigenvalue weighted by Gasteiger charge is 2.56. The molecule has 0 heterocycles. The van der Waals surface area contributed by atoms with Crippen LogP contribution in [-0.4, -0.2) is 89.2 Å². The molecular formula is C19H24B10O. The molecule has 136 valence electrons. The van der Waals surface area contributed by atoms with Gasteiger partial charge in [0.05, 0.1) is 60.5 Å². The summed E-state index contributed by atoms with van der Waals surface area (Å²) in [4.78, 5) is 0. The van der Waals surface area contributed by atoms with Gasteiger partial charge in [-0.1, -0.05) is 36.6 Å². The summed E-state index contributed by atoms with van der Waals surface area (Å²) >= 11 is 0. The van der Waals surface area contributed by atoms with Gasteiger partial charge in [0.1, 0.15) is 0 Å². The lowest BCUT2D eigenvalue weighted by Crippen LogP contribution is -2.53. The molecule has 0 saturated heterocycles. The molecule has 1 saturated carbocycles. The van der Waals surface area contributed by atoms with Crippen LogP contribution in [0.3, 0.4) is 0 Å². The molecule has 0 bridgehead atoms. The predicted octanol–water partition coefficient (Wildman–Crippen LogP) is 0.940. The first-order chi connectivity index (χ1) is 13.0. The van der Waals surface area contributed by atoms with Crippen molar-refractivity contribution in [3.8, 4) is 0 Å².